The highest BCUT2D eigenvalue weighted by atomic mass is 79.9. The number of nitrogens with zero attached hydrogens (tertiary/aromatic N) is 2. The van der Waals surface area contributed by atoms with Gasteiger partial charge in [-0.3, -0.25) is 14.5 Å². The number of hydrogen-bond donors (Lipinski definition) is 1. The number of rotatable bonds is 6. The Hall–Kier alpha value is -2.25. The maximum absolute atomic E-state index is 12.7. The van der Waals surface area contributed by atoms with Crippen LogP contribution in [0.5, 0.6) is 5.75 Å². The second-order valence-corrected chi connectivity index (χ2v) is 8.22. The van der Waals surface area contributed by atoms with Crippen molar-refractivity contribution in [3.63, 3.8) is 0 Å². The van der Waals surface area contributed by atoms with Crippen LogP contribution in [0.2, 0.25) is 0 Å². The van der Waals surface area contributed by atoms with E-state index in [-0.39, 0.29) is 23.4 Å². The molecule has 0 aromatic heterocycles. The Balaban J connectivity index is 1.80. The van der Waals surface area contributed by atoms with Gasteiger partial charge in [0, 0.05) is 34.9 Å². The SMILES string of the molecule is CCN(CC)c1ccc(/C=C2\SC(=O)N(Cc3ccc(Br)cc3)C2=O)c(O)c1. The Morgan fingerprint density at radius 2 is 1.79 bits per heavy atom. The molecule has 1 aliphatic rings. The van der Waals surface area contributed by atoms with Crippen LogP contribution in [0.25, 0.3) is 6.08 Å². The topological polar surface area (TPSA) is 60.9 Å². The van der Waals surface area contributed by atoms with Gasteiger partial charge in [0.2, 0.25) is 0 Å². The van der Waals surface area contributed by atoms with Crippen LogP contribution in [-0.4, -0.2) is 34.2 Å². The second-order valence-electron chi connectivity index (χ2n) is 6.31. The van der Waals surface area contributed by atoms with Crippen LogP contribution in [-0.2, 0) is 11.3 Å². The summed E-state index contributed by atoms with van der Waals surface area (Å²) in [6, 6.07) is 12.9. The third kappa shape index (κ3) is 4.42. The van der Waals surface area contributed by atoms with E-state index in [2.05, 4.69) is 34.7 Å². The predicted octanol–water partition coefficient (Wildman–Crippen LogP) is 5.24. The monoisotopic (exact) mass is 460 g/mol. The van der Waals surface area contributed by atoms with E-state index in [0.717, 1.165) is 40.6 Å². The van der Waals surface area contributed by atoms with Gasteiger partial charge in [-0.25, -0.2) is 0 Å². The predicted molar refractivity (Wildman–Crippen MR) is 117 cm³/mol. The number of anilines is 1. The van der Waals surface area contributed by atoms with Gasteiger partial charge in [-0.15, -0.1) is 0 Å². The minimum Gasteiger partial charge on any atom is -0.507 e. The molecule has 0 spiro atoms. The molecule has 0 atom stereocenters. The van der Waals surface area contributed by atoms with Crippen molar-refractivity contribution in [1.29, 1.82) is 0 Å². The molecule has 2 amide bonds. The van der Waals surface area contributed by atoms with E-state index >= 15 is 0 Å². The van der Waals surface area contributed by atoms with Gasteiger partial charge in [0.1, 0.15) is 5.75 Å². The summed E-state index contributed by atoms with van der Waals surface area (Å²) >= 11 is 4.27. The summed E-state index contributed by atoms with van der Waals surface area (Å²) in [5, 5.41) is 10.1. The van der Waals surface area contributed by atoms with E-state index in [1.165, 1.54) is 4.90 Å². The molecule has 0 bridgehead atoms. The van der Waals surface area contributed by atoms with Gasteiger partial charge in [0.15, 0.2) is 0 Å². The summed E-state index contributed by atoms with van der Waals surface area (Å²) in [6.07, 6.45) is 1.58. The van der Waals surface area contributed by atoms with Crippen molar-refractivity contribution >= 4 is 50.6 Å². The van der Waals surface area contributed by atoms with E-state index in [1.54, 1.807) is 18.2 Å². The molecule has 0 unspecified atom stereocenters. The van der Waals surface area contributed by atoms with Gasteiger partial charge in [0.05, 0.1) is 11.4 Å². The molecular weight excluding hydrogens is 440 g/mol. The normalized spacial score (nSPS) is 15.5. The molecule has 2 aromatic rings. The van der Waals surface area contributed by atoms with Crippen molar-refractivity contribution in [2.24, 2.45) is 0 Å². The molecular formula is C21H21BrN2O3S. The van der Waals surface area contributed by atoms with Gasteiger partial charge >= 0.3 is 0 Å². The average molecular weight is 461 g/mol. The summed E-state index contributed by atoms with van der Waals surface area (Å²) in [6.45, 7) is 6.00. The number of phenols is 1. The van der Waals surface area contributed by atoms with Crippen LogP contribution < -0.4 is 4.90 Å². The molecule has 1 fully saturated rings. The highest BCUT2D eigenvalue weighted by Crippen LogP contribution is 2.35. The molecule has 1 aliphatic heterocycles. The fourth-order valence-corrected chi connectivity index (χ4v) is 4.08. The highest BCUT2D eigenvalue weighted by molar-refractivity contribution is 9.10. The van der Waals surface area contributed by atoms with Crippen molar-refractivity contribution < 1.29 is 14.7 Å². The molecule has 1 N–H and O–H groups in total. The van der Waals surface area contributed by atoms with Gasteiger partial charge < -0.3 is 10.0 Å². The molecule has 0 aliphatic carbocycles. The van der Waals surface area contributed by atoms with Crippen LogP contribution in [0.3, 0.4) is 0 Å². The molecule has 0 radical (unpaired) electrons. The van der Waals surface area contributed by atoms with Gasteiger partial charge in [-0.2, -0.15) is 0 Å². The lowest BCUT2D eigenvalue weighted by Gasteiger charge is -2.21. The first-order valence-corrected chi connectivity index (χ1v) is 10.6. The Labute approximate surface area is 177 Å². The van der Waals surface area contributed by atoms with E-state index < -0.39 is 0 Å². The lowest BCUT2D eigenvalue weighted by molar-refractivity contribution is -0.123. The number of imide groups is 1. The third-order valence-corrected chi connectivity index (χ3v) is 5.99. The molecule has 146 valence electrons. The number of phenolic OH excluding ortho intramolecular Hbond substituents is 1. The quantitative estimate of drug-likeness (QED) is 0.597. The molecule has 2 aromatic carbocycles. The summed E-state index contributed by atoms with van der Waals surface area (Å²) in [4.78, 5) is 28.7. The summed E-state index contributed by atoms with van der Waals surface area (Å²) in [7, 11) is 0. The van der Waals surface area contributed by atoms with E-state index in [4.69, 9.17) is 0 Å². The van der Waals surface area contributed by atoms with Crippen LogP contribution >= 0.6 is 27.7 Å². The van der Waals surface area contributed by atoms with Gasteiger partial charge in [0.25, 0.3) is 11.1 Å². The molecule has 7 heteroatoms. The number of carbonyl (C=O) groups is 2. The first-order valence-electron chi connectivity index (χ1n) is 9.00. The van der Waals surface area contributed by atoms with E-state index in [1.807, 2.05) is 30.3 Å². The third-order valence-electron chi connectivity index (χ3n) is 4.56. The van der Waals surface area contributed by atoms with Crippen LogP contribution in [0, 0.1) is 0 Å². The molecule has 1 saturated heterocycles. The van der Waals surface area contributed by atoms with E-state index in [0.29, 0.717) is 10.5 Å². The number of benzene rings is 2. The minimum atomic E-state index is -0.342. The fraction of sp³-hybridized carbons (Fsp3) is 0.238. The van der Waals surface area contributed by atoms with Crippen LogP contribution in [0.15, 0.2) is 51.8 Å². The van der Waals surface area contributed by atoms with Crippen LogP contribution in [0.4, 0.5) is 10.5 Å². The summed E-state index contributed by atoms with van der Waals surface area (Å²) in [5.41, 5.74) is 2.31. The number of halogens is 1. The average Bonchev–Trinajstić information content (AvgIpc) is 2.94. The first-order chi connectivity index (χ1) is 13.4. The lowest BCUT2D eigenvalue weighted by Crippen LogP contribution is -2.27. The van der Waals surface area contributed by atoms with Crippen molar-refractivity contribution in [3.05, 3.63) is 63.0 Å². The summed E-state index contributed by atoms with van der Waals surface area (Å²) in [5.74, 6) is -0.255. The number of aromatic hydroxyl groups is 1. The number of carbonyl (C=O) groups excluding carboxylic acids is 2. The standard InChI is InChI=1S/C21H21BrN2O3S/c1-3-23(4-2)17-10-7-15(18(25)12-17)11-19-20(26)24(21(27)28-19)13-14-5-8-16(22)9-6-14/h5-12,25H,3-4,13H2,1-2H3/b19-11-. The maximum atomic E-state index is 12.7. The zero-order valence-corrected chi connectivity index (χ0v) is 18.1. The number of amides is 2. The smallest absolute Gasteiger partial charge is 0.293 e. The van der Waals surface area contributed by atoms with Crippen molar-refractivity contribution in [1.82, 2.24) is 4.90 Å². The largest absolute Gasteiger partial charge is 0.507 e. The zero-order chi connectivity index (χ0) is 20.3. The molecule has 28 heavy (non-hydrogen) atoms. The lowest BCUT2D eigenvalue weighted by atomic mass is 10.1. The maximum Gasteiger partial charge on any atom is 0.293 e. The van der Waals surface area contributed by atoms with Gasteiger partial charge in [-0.1, -0.05) is 28.1 Å². The zero-order valence-electron chi connectivity index (χ0n) is 15.7. The first kappa shape index (κ1) is 20.5. The Morgan fingerprint density at radius 3 is 2.39 bits per heavy atom. The highest BCUT2D eigenvalue weighted by Gasteiger charge is 2.35. The van der Waals surface area contributed by atoms with Crippen molar-refractivity contribution in [2.75, 3.05) is 18.0 Å². The summed E-state index contributed by atoms with van der Waals surface area (Å²) < 4.78 is 0.939. The molecule has 3 rings (SSSR count). The second kappa shape index (κ2) is 8.84. The molecule has 5 nitrogen and oxygen atoms in total. The Morgan fingerprint density at radius 1 is 1.11 bits per heavy atom. The fourth-order valence-electron chi connectivity index (χ4n) is 2.99. The number of thioether (sulfide) groups is 1. The van der Waals surface area contributed by atoms with Gasteiger partial charge in [-0.05, 0) is 61.5 Å². The van der Waals surface area contributed by atoms with Crippen molar-refractivity contribution in [2.45, 2.75) is 20.4 Å². The molecule has 1 heterocycles. The molecule has 0 saturated carbocycles. The van der Waals surface area contributed by atoms with Crippen molar-refractivity contribution in [3.8, 4) is 5.75 Å². The number of hydrogen-bond acceptors (Lipinski definition) is 5. The Bertz CT molecular complexity index is 924. The Kier molecular flexibility index (Phi) is 6.46. The van der Waals surface area contributed by atoms with E-state index in [9.17, 15) is 14.7 Å². The van der Waals surface area contributed by atoms with Crippen LogP contribution in [0.1, 0.15) is 25.0 Å². The minimum absolute atomic E-state index is 0.0871.